The molecule has 0 bridgehead atoms. The number of carbonyl (C=O) groups excluding carboxylic acids is 1. The number of carbonyl (C=O) groups is 1. The third-order valence-electron chi connectivity index (χ3n) is 2.25. The van der Waals surface area contributed by atoms with Crippen LogP contribution in [0.5, 0.6) is 0 Å². The summed E-state index contributed by atoms with van der Waals surface area (Å²) >= 11 is 3.18. The molecular weight excluding hydrogens is 289 g/mol. The molecule has 0 saturated heterocycles. The number of rotatable bonds is 2. The van der Waals surface area contributed by atoms with Crippen LogP contribution in [0.1, 0.15) is 16.1 Å². The van der Waals surface area contributed by atoms with Crippen LogP contribution in [-0.2, 0) is 0 Å². The van der Waals surface area contributed by atoms with Gasteiger partial charge in [0, 0.05) is 5.69 Å². The van der Waals surface area contributed by atoms with E-state index in [1.165, 1.54) is 12.3 Å². The second kappa shape index (κ2) is 4.67. The number of halogens is 2. The standard InChI is InChI=1S/C11H9BrFN3O/c1-6-2-3-7(4-9(6)13)15-11(17)10-8(12)5-14-16-10/h2-5H,1H3,(H,14,16)(H,15,17). The van der Waals surface area contributed by atoms with Gasteiger partial charge in [0.2, 0.25) is 0 Å². The highest BCUT2D eigenvalue weighted by molar-refractivity contribution is 9.10. The molecule has 2 aromatic rings. The number of amides is 1. The first-order valence-corrected chi connectivity index (χ1v) is 5.63. The molecule has 0 saturated carbocycles. The lowest BCUT2D eigenvalue weighted by molar-refractivity contribution is 0.102. The van der Waals surface area contributed by atoms with Gasteiger partial charge < -0.3 is 5.32 Å². The molecule has 1 heterocycles. The zero-order valence-electron chi connectivity index (χ0n) is 8.92. The van der Waals surface area contributed by atoms with Gasteiger partial charge in [0.05, 0.1) is 10.7 Å². The predicted molar refractivity (Wildman–Crippen MR) is 65.4 cm³/mol. The van der Waals surface area contributed by atoms with Gasteiger partial charge in [-0.05, 0) is 40.5 Å². The average molecular weight is 298 g/mol. The number of aryl methyl sites for hydroxylation is 1. The number of nitrogens with one attached hydrogen (secondary N) is 2. The van der Waals surface area contributed by atoms with Gasteiger partial charge in [0.25, 0.3) is 5.91 Å². The Morgan fingerprint density at radius 2 is 2.29 bits per heavy atom. The molecule has 1 amide bonds. The second-order valence-corrected chi connectivity index (χ2v) is 4.37. The average Bonchev–Trinajstić information content (AvgIpc) is 2.70. The van der Waals surface area contributed by atoms with E-state index in [2.05, 4.69) is 31.4 Å². The summed E-state index contributed by atoms with van der Waals surface area (Å²) in [5.41, 5.74) is 1.23. The molecule has 88 valence electrons. The van der Waals surface area contributed by atoms with Crippen molar-refractivity contribution in [3.05, 3.63) is 45.9 Å². The van der Waals surface area contributed by atoms with Crippen LogP contribution in [-0.4, -0.2) is 16.1 Å². The van der Waals surface area contributed by atoms with Gasteiger partial charge in [0.15, 0.2) is 0 Å². The Kier molecular flexibility index (Phi) is 3.23. The van der Waals surface area contributed by atoms with Crippen LogP contribution in [0, 0.1) is 12.7 Å². The quantitative estimate of drug-likeness (QED) is 0.895. The first kappa shape index (κ1) is 11.8. The molecule has 1 aromatic heterocycles. The largest absolute Gasteiger partial charge is 0.321 e. The van der Waals surface area contributed by atoms with E-state index in [-0.39, 0.29) is 11.7 Å². The maximum atomic E-state index is 13.3. The van der Waals surface area contributed by atoms with Gasteiger partial charge in [-0.3, -0.25) is 9.89 Å². The van der Waals surface area contributed by atoms with E-state index in [1.54, 1.807) is 19.1 Å². The molecule has 2 N–H and O–H groups in total. The van der Waals surface area contributed by atoms with Crippen LogP contribution in [0.2, 0.25) is 0 Å². The molecule has 2 rings (SSSR count). The lowest BCUT2D eigenvalue weighted by Gasteiger charge is -2.05. The molecule has 0 aliphatic rings. The second-order valence-electron chi connectivity index (χ2n) is 3.51. The Bertz CT molecular complexity index is 568. The normalized spacial score (nSPS) is 10.3. The first-order chi connectivity index (χ1) is 8.08. The zero-order chi connectivity index (χ0) is 12.4. The fourth-order valence-corrected chi connectivity index (χ4v) is 1.67. The highest BCUT2D eigenvalue weighted by atomic mass is 79.9. The van der Waals surface area contributed by atoms with Gasteiger partial charge in [-0.2, -0.15) is 5.10 Å². The van der Waals surface area contributed by atoms with Crippen molar-refractivity contribution in [2.24, 2.45) is 0 Å². The van der Waals surface area contributed by atoms with Crippen molar-refractivity contribution in [2.45, 2.75) is 6.92 Å². The molecule has 0 fully saturated rings. The van der Waals surface area contributed by atoms with Gasteiger partial charge in [-0.25, -0.2) is 4.39 Å². The van der Waals surface area contributed by atoms with Crippen molar-refractivity contribution >= 4 is 27.5 Å². The third kappa shape index (κ3) is 2.52. The highest BCUT2D eigenvalue weighted by Gasteiger charge is 2.12. The molecule has 0 atom stereocenters. The van der Waals surface area contributed by atoms with Crippen LogP contribution in [0.4, 0.5) is 10.1 Å². The van der Waals surface area contributed by atoms with Gasteiger partial charge in [0.1, 0.15) is 11.5 Å². The summed E-state index contributed by atoms with van der Waals surface area (Å²) in [6.45, 7) is 1.66. The molecule has 17 heavy (non-hydrogen) atoms. The molecule has 0 unspecified atom stereocenters. The minimum atomic E-state index is -0.377. The topological polar surface area (TPSA) is 57.8 Å². The Morgan fingerprint density at radius 1 is 1.53 bits per heavy atom. The Morgan fingerprint density at radius 3 is 2.88 bits per heavy atom. The third-order valence-corrected chi connectivity index (χ3v) is 2.85. The minimum absolute atomic E-state index is 0.297. The van der Waals surface area contributed by atoms with E-state index in [4.69, 9.17) is 0 Å². The van der Waals surface area contributed by atoms with Crippen molar-refractivity contribution in [2.75, 3.05) is 5.32 Å². The number of benzene rings is 1. The first-order valence-electron chi connectivity index (χ1n) is 4.84. The van der Waals surface area contributed by atoms with E-state index in [1.807, 2.05) is 0 Å². The molecule has 0 aliphatic carbocycles. The number of anilines is 1. The Balaban J connectivity index is 2.19. The number of aromatic amines is 1. The summed E-state index contributed by atoms with van der Waals surface area (Å²) < 4.78 is 13.8. The SMILES string of the molecule is Cc1ccc(NC(=O)c2[nH]ncc2Br)cc1F. The van der Waals surface area contributed by atoms with E-state index >= 15 is 0 Å². The van der Waals surface area contributed by atoms with Crippen LogP contribution >= 0.6 is 15.9 Å². The fourth-order valence-electron chi connectivity index (χ4n) is 1.29. The van der Waals surface area contributed by atoms with Crippen molar-refractivity contribution in [3.63, 3.8) is 0 Å². The van der Waals surface area contributed by atoms with Crippen LogP contribution < -0.4 is 5.32 Å². The smallest absolute Gasteiger partial charge is 0.274 e. The number of hydrogen-bond donors (Lipinski definition) is 2. The fraction of sp³-hybridized carbons (Fsp3) is 0.0909. The van der Waals surface area contributed by atoms with Gasteiger partial charge >= 0.3 is 0 Å². The summed E-state index contributed by atoms with van der Waals surface area (Å²) in [5, 5.41) is 8.83. The Labute approximate surface area is 105 Å². The zero-order valence-corrected chi connectivity index (χ0v) is 10.5. The van der Waals surface area contributed by atoms with Crippen molar-refractivity contribution < 1.29 is 9.18 Å². The lowest BCUT2D eigenvalue weighted by Crippen LogP contribution is -2.13. The molecule has 0 radical (unpaired) electrons. The minimum Gasteiger partial charge on any atom is -0.321 e. The highest BCUT2D eigenvalue weighted by Crippen LogP contribution is 2.17. The van der Waals surface area contributed by atoms with E-state index < -0.39 is 0 Å². The number of aromatic nitrogens is 2. The van der Waals surface area contributed by atoms with E-state index in [0.717, 1.165) is 0 Å². The maximum absolute atomic E-state index is 13.3. The monoisotopic (exact) mass is 297 g/mol. The Hall–Kier alpha value is -1.69. The molecule has 4 nitrogen and oxygen atoms in total. The van der Waals surface area contributed by atoms with E-state index in [0.29, 0.717) is 21.4 Å². The molecule has 6 heteroatoms. The maximum Gasteiger partial charge on any atom is 0.274 e. The van der Waals surface area contributed by atoms with Crippen molar-refractivity contribution in [1.29, 1.82) is 0 Å². The summed E-state index contributed by atoms with van der Waals surface area (Å²) in [7, 11) is 0. The number of H-pyrrole nitrogens is 1. The van der Waals surface area contributed by atoms with Crippen LogP contribution in [0.25, 0.3) is 0 Å². The molecule has 1 aromatic carbocycles. The molecular formula is C11H9BrFN3O. The lowest BCUT2D eigenvalue weighted by atomic mass is 10.2. The molecule has 0 spiro atoms. The van der Waals surface area contributed by atoms with Crippen LogP contribution in [0.15, 0.2) is 28.9 Å². The van der Waals surface area contributed by atoms with Gasteiger partial charge in [-0.15, -0.1) is 0 Å². The van der Waals surface area contributed by atoms with E-state index in [9.17, 15) is 9.18 Å². The van der Waals surface area contributed by atoms with Gasteiger partial charge in [-0.1, -0.05) is 6.07 Å². The summed E-state index contributed by atoms with van der Waals surface area (Å²) in [6.07, 6.45) is 1.48. The van der Waals surface area contributed by atoms with Crippen molar-refractivity contribution in [3.8, 4) is 0 Å². The number of hydrogen-bond acceptors (Lipinski definition) is 2. The van der Waals surface area contributed by atoms with Crippen molar-refractivity contribution in [1.82, 2.24) is 10.2 Å². The summed E-state index contributed by atoms with van der Waals surface area (Å²) in [4.78, 5) is 11.8. The van der Waals surface area contributed by atoms with Crippen LogP contribution in [0.3, 0.4) is 0 Å². The number of nitrogens with zero attached hydrogens (tertiary/aromatic N) is 1. The molecule has 0 aliphatic heterocycles. The predicted octanol–water partition coefficient (Wildman–Crippen LogP) is 2.87. The summed E-state index contributed by atoms with van der Waals surface area (Å²) in [6, 6.07) is 4.52. The summed E-state index contributed by atoms with van der Waals surface area (Å²) in [5.74, 6) is -0.732.